The van der Waals surface area contributed by atoms with Gasteiger partial charge >= 0.3 is 5.69 Å². The number of anilines is 1. The molecule has 3 aromatic rings. The number of nitrogens with one attached hydrogen (secondary N) is 1. The summed E-state index contributed by atoms with van der Waals surface area (Å²) in [5.74, 6) is -0.642. The van der Waals surface area contributed by atoms with Crippen molar-refractivity contribution in [1.82, 2.24) is 19.6 Å². The van der Waals surface area contributed by atoms with Gasteiger partial charge in [-0.2, -0.15) is 10.2 Å². The molecular formula is C18H19ClN6O3. The fourth-order valence-corrected chi connectivity index (χ4v) is 2.96. The number of carbonyl (C=O) groups is 1. The van der Waals surface area contributed by atoms with Gasteiger partial charge in [0.15, 0.2) is 0 Å². The minimum Gasteiger partial charge on any atom is -0.317 e. The number of rotatable bonds is 6. The lowest BCUT2D eigenvalue weighted by atomic mass is 10.2. The molecule has 1 amide bonds. The topological polar surface area (TPSA) is 108 Å². The van der Waals surface area contributed by atoms with E-state index in [1.807, 2.05) is 19.1 Å². The maximum atomic E-state index is 12.6. The van der Waals surface area contributed by atoms with Crippen LogP contribution >= 0.6 is 11.6 Å². The summed E-state index contributed by atoms with van der Waals surface area (Å²) >= 11 is 5.91. The molecule has 0 radical (unpaired) electrons. The summed E-state index contributed by atoms with van der Waals surface area (Å²) in [5.41, 5.74) is 2.31. The molecule has 9 nitrogen and oxygen atoms in total. The minimum atomic E-state index is -0.642. The van der Waals surface area contributed by atoms with E-state index in [9.17, 15) is 14.9 Å². The van der Waals surface area contributed by atoms with Crippen LogP contribution in [0.25, 0.3) is 0 Å². The fraction of sp³-hybridized carbons (Fsp3) is 0.278. The van der Waals surface area contributed by atoms with Crippen molar-refractivity contribution in [1.29, 1.82) is 0 Å². The Labute approximate surface area is 166 Å². The second kappa shape index (κ2) is 7.81. The van der Waals surface area contributed by atoms with Crippen LogP contribution < -0.4 is 5.32 Å². The molecule has 0 fully saturated rings. The van der Waals surface area contributed by atoms with Crippen molar-refractivity contribution in [2.24, 2.45) is 0 Å². The Morgan fingerprint density at radius 3 is 2.54 bits per heavy atom. The Morgan fingerprint density at radius 1 is 1.25 bits per heavy atom. The molecule has 146 valence electrons. The molecule has 0 aliphatic heterocycles. The van der Waals surface area contributed by atoms with E-state index >= 15 is 0 Å². The lowest BCUT2D eigenvalue weighted by Crippen LogP contribution is -2.16. The Bertz CT molecular complexity index is 1040. The number of aryl methyl sites for hydroxylation is 2. The number of aromatic nitrogens is 4. The third kappa shape index (κ3) is 3.89. The third-order valence-corrected chi connectivity index (χ3v) is 4.60. The van der Waals surface area contributed by atoms with Crippen molar-refractivity contribution in [3.05, 3.63) is 68.2 Å². The van der Waals surface area contributed by atoms with Crippen LogP contribution in [0.3, 0.4) is 0 Å². The lowest BCUT2D eigenvalue weighted by molar-refractivity contribution is -0.385. The van der Waals surface area contributed by atoms with Crippen molar-refractivity contribution in [3.8, 4) is 0 Å². The zero-order valence-electron chi connectivity index (χ0n) is 15.6. The molecule has 10 heteroatoms. The quantitative estimate of drug-likeness (QED) is 0.500. The van der Waals surface area contributed by atoms with Gasteiger partial charge in [-0.3, -0.25) is 24.3 Å². The summed E-state index contributed by atoms with van der Waals surface area (Å²) in [7, 11) is 0. The van der Waals surface area contributed by atoms with Crippen LogP contribution in [0.4, 0.5) is 11.4 Å². The predicted octanol–water partition coefficient (Wildman–Crippen LogP) is 3.58. The van der Waals surface area contributed by atoms with Crippen LogP contribution in [0, 0.1) is 24.0 Å². The molecule has 0 atom stereocenters. The summed E-state index contributed by atoms with van der Waals surface area (Å²) in [4.78, 5) is 23.2. The van der Waals surface area contributed by atoms with E-state index in [4.69, 9.17) is 11.6 Å². The molecule has 2 heterocycles. The van der Waals surface area contributed by atoms with Crippen LogP contribution in [0.1, 0.15) is 34.4 Å². The molecule has 0 aliphatic carbocycles. The van der Waals surface area contributed by atoms with E-state index in [1.165, 1.54) is 10.9 Å². The molecule has 28 heavy (non-hydrogen) atoms. The minimum absolute atomic E-state index is 0.226. The van der Waals surface area contributed by atoms with Crippen LogP contribution in [0.5, 0.6) is 0 Å². The summed E-state index contributed by atoms with van der Waals surface area (Å²) in [5, 5.41) is 23.1. The summed E-state index contributed by atoms with van der Waals surface area (Å²) < 4.78 is 3.12. The molecular weight excluding hydrogens is 384 g/mol. The average Bonchev–Trinajstić information content (AvgIpc) is 3.21. The van der Waals surface area contributed by atoms with E-state index in [0.29, 0.717) is 29.5 Å². The predicted molar refractivity (Wildman–Crippen MR) is 105 cm³/mol. The average molecular weight is 403 g/mol. The van der Waals surface area contributed by atoms with E-state index in [1.54, 1.807) is 30.7 Å². The summed E-state index contributed by atoms with van der Waals surface area (Å²) in [6.07, 6.45) is 1.25. The van der Waals surface area contributed by atoms with Gasteiger partial charge < -0.3 is 5.32 Å². The number of benzene rings is 1. The summed E-state index contributed by atoms with van der Waals surface area (Å²) in [6.45, 7) is 6.30. The molecule has 2 aromatic heterocycles. The Balaban J connectivity index is 1.86. The fourth-order valence-electron chi connectivity index (χ4n) is 2.84. The maximum Gasteiger partial charge on any atom is 0.320 e. The molecule has 1 aromatic carbocycles. The SMILES string of the molecule is CCn1cc([N+](=O)[O-])c(C(=O)Nc2c(C)nn(Cc3ccc(Cl)cc3)c2C)n1. The molecule has 0 saturated heterocycles. The van der Waals surface area contributed by atoms with Gasteiger partial charge in [0.2, 0.25) is 5.69 Å². The van der Waals surface area contributed by atoms with Gasteiger partial charge in [0.1, 0.15) is 6.20 Å². The summed E-state index contributed by atoms with van der Waals surface area (Å²) in [6, 6.07) is 7.40. The molecule has 0 bridgehead atoms. The van der Waals surface area contributed by atoms with Gasteiger partial charge in [0, 0.05) is 11.6 Å². The van der Waals surface area contributed by atoms with Crippen molar-refractivity contribution in [3.63, 3.8) is 0 Å². The lowest BCUT2D eigenvalue weighted by Gasteiger charge is -2.07. The maximum absolute atomic E-state index is 12.6. The second-order valence-corrected chi connectivity index (χ2v) is 6.70. The zero-order valence-corrected chi connectivity index (χ0v) is 16.4. The monoisotopic (exact) mass is 402 g/mol. The molecule has 0 saturated carbocycles. The first-order chi connectivity index (χ1) is 13.3. The van der Waals surface area contributed by atoms with E-state index in [-0.39, 0.29) is 11.4 Å². The molecule has 0 spiro atoms. The van der Waals surface area contributed by atoms with Gasteiger partial charge in [0.05, 0.1) is 28.5 Å². The number of nitro groups is 1. The van der Waals surface area contributed by atoms with Crippen molar-refractivity contribution in [2.75, 3.05) is 5.32 Å². The number of amides is 1. The highest BCUT2D eigenvalue weighted by atomic mass is 35.5. The van der Waals surface area contributed by atoms with Gasteiger partial charge in [-0.05, 0) is 38.5 Å². The molecule has 0 unspecified atom stereocenters. The van der Waals surface area contributed by atoms with Crippen LogP contribution in [0.2, 0.25) is 5.02 Å². The van der Waals surface area contributed by atoms with Gasteiger partial charge in [-0.25, -0.2) is 0 Å². The van der Waals surface area contributed by atoms with Crippen LogP contribution in [-0.2, 0) is 13.1 Å². The Morgan fingerprint density at radius 2 is 1.93 bits per heavy atom. The molecule has 3 rings (SSSR count). The van der Waals surface area contributed by atoms with Crippen molar-refractivity contribution >= 4 is 28.9 Å². The van der Waals surface area contributed by atoms with Gasteiger partial charge in [-0.1, -0.05) is 23.7 Å². The van der Waals surface area contributed by atoms with Gasteiger partial charge in [-0.15, -0.1) is 0 Å². The number of nitrogens with zero attached hydrogens (tertiary/aromatic N) is 5. The number of hydrogen-bond donors (Lipinski definition) is 1. The highest BCUT2D eigenvalue weighted by Gasteiger charge is 2.27. The Kier molecular flexibility index (Phi) is 5.46. The highest BCUT2D eigenvalue weighted by molar-refractivity contribution is 6.30. The van der Waals surface area contributed by atoms with E-state index in [0.717, 1.165) is 11.3 Å². The first kappa shape index (κ1) is 19.6. The smallest absolute Gasteiger partial charge is 0.317 e. The second-order valence-electron chi connectivity index (χ2n) is 6.26. The third-order valence-electron chi connectivity index (χ3n) is 4.34. The zero-order chi connectivity index (χ0) is 20.4. The van der Waals surface area contributed by atoms with Crippen molar-refractivity contribution in [2.45, 2.75) is 33.9 Å². The van der Waals surface area contributed by atoms with E-state index < -0.39 is 10.8 Å². The number of halogens is 1. The first-order valence-corrected chi connectivity index (χ1v) is 8.99. The van der Waals surface area contributed by atoms with Gasteiger partial charge in [0.25, 0.3) is 5.91 Å². The van der Waals surface area contributed by atoms with E-state index in [2.05, 4.69) is 15.5 Å². The molecule has 0 aliphatic rings. The Hall–Kier alpha value is -3.20. The standard InChI is InChI=1S/C18H19ClN6O3/c1-4-23-10-15(25(27)28)17(22-23)18(26)20-16-11(2)21-24(12(16)3)9-13-5-7-14(19)8-6-13/h5-8,10H,4,9H2,1-3H3,(H,20,26). The first-order valence-electron chi connectivity index (χ1n) is 8.61. The van der Waals surface area contributed by atoms with Crippen molar-refractivity contribution < 1.29 is 9.72 Å². The normalized spacial score (nSPS) is 10.9. The number of carbonyl (C=O) groups excluding carboxylic acids is 1. The highest BCUT2D eigenvalue weighted by Crippen LogP contribution is 2.24. The van der Waals surface area contributed by atoms with Crippen LogP contribution in [-0.4, -0.2) is 30.4 Å². The number of hydrogen-bond acceptors (Lipinski definition) is 5. The van der Waals surface area contributed by atoms with Crippen LogP contribution in [0.15, 0.2) is 30.5 Å². The molecule has 1 N–H and O–H groups in total. The largest absolute Gasteiger partial charge is 0.320 e.